The highest BCUT2D eigenvalue weighted by Gasteiger charge is 2.10. The van der Waals surface area contributed by atoms with Crippen LogP contribution in [0.2, 0.25) is 4.34 Å². The van der Waals surface area contributed by atoms with Crippen LogP contribution in [0.3, 0.4) is 0 Å². The lowest BCUT2D eigenvalue weighted by Gasteiger charge is -1.97. The molecule has 2 heterocycles. The molecule has 17 heavy (non-hydrogen) atoms. The lowest BCUT2D eigenvalue weighted by Crippen LogP contribution is -2.10. The number of nitrogens with zero attached hydrogens (tertiary/aromatic N) is 1. The number of carbonyl (C=O) groups excluding carboxylic acids is 1. The maximum Gasteiger partial charge on any atom is 0.266 e. The highest BCUT2D eigenvalue weighted by molar-refractivity contribution is 7.18. The highest BCUT2D eigenvalue weighted by atomic mass is 35.5. The number of nitrogens with one attached hydrogen (secondary N) is 2. The van der Waals surface area contributed by atoms with Crippen LogP contribution in [0.15, 0.2) is 18.2 Å². The number of aromatic amines is 1. The fraction of sp³-hybridized carbons (Fsp3) is 0.273. The lowest BCUT2D eigenvalue weighted by atomic mass is 10.2. The summed E-state index contributed by atoms with van der Waals surface area (Å²) in [6, 6.07) is 5.24. The number of halogens is 1. The van der Waals surface area contributed by atoms with Crippen LogP contribution >= 0.6 is 22.9 Å². The molecule has 90 valence electrons. The van der Waals surface area contributed by atoms with Crippen molar-refractivity contribution < 1.29 is 4.79 Å². The van der Waals surface area contributed by atoms with Gasteiger partial charge in [-0.15, -0.1) is 11.3 Å². The number of carbonyl (C=O) groups is 1. The summed E-state index contributed by atoms with van der Waals surface area (Å²) in [5, 5.41) is 9.62. The van der Waals surface area contributed by atoms with Gasteiger partial charge in [0.25, 0.3) is 5.91 Å². The van der Waals surface area contributed by atoms with Crippen molar-refractivity contribution in [2.45, 2.75) is 19.8 Å². The van der Waals surface area contributed by atoms with Crippen molar-refractivity contribution in [3.05, 3.63) is 33.1 Å². The van der Waals surface area contributed by atoms with Gasteiger partial charge in [0, 0.05) is 11.8 Å². The summed E-state index contributed by atoms with van der Waals surface area (Å²) in [7, 11) is 0. The van der Waals surface area contributed by atoms with Crippen molar-refractivity contribution in [3.63, 3.8) is 0 Å². The van der Waals surface area contributed by atoms with Gasteiger partial charge in [0.1, 0.15) is 0 Å². The number of hydrogen-bond donors (Lipinski definition) is 2. The van der Waals surface area contributed by atoms with Crippen LogP contribution in [-0.4, -0.2) is 16.1 Å². The largest absolute Gasteiger partial charge is 0.304 e. The van der Waals surface area contributed by atoms with Gasteiger partial charge >= 0.3 is 0 Å². The first-order valence-electron chi connectivity index (χ1n) is 5.30. The molecule has 0 aliphatic rings. The molecule has 0 atom stereocenters. The molecule has 0 unspecified atom stereocenters. The Morgan fingerprint density at radius 2 is 2.41 bits per heavy atom. The fourth-order valence-electron chi connectivity index (χ4n) is 1.44. The van der Waals surface area contributed by atoms with Gasteiger partial charge in [-0.3, -0.25) is 9.89 Å². The van der Waals surface area contributed by atoms with Crippen molar-refractivity contribution in [3.8, 4) is 0 Å². The monoisotopic (exact) mass is 269 g/mol. The third-order valence-corrected chi connectivity index (χ3v) is 3.42. The van der Waals surface area contributed by atoms with Crippen molar-refractivity contribution in [1.29, 1.82) is 0 Å². The van der Waals surface area contributed by atoms with E-state index in [0.29, 0.717) is 15.0 Å². The topological polar surface area (TPSA) is 57.8 Å². The Morgan fingerprint density at radius 1 is 1.59 bits per heavy atom. The maximum absolute atomic E-state index is 11.8. The Bertz CT molecular complexity index is 520. The summed E-state index contributed by atoms with van der Waals surface area (Å²) in [5.74, 6) is 0.361. The summed E-state index contributed by atoms with van der Waals surface area (Å²) in [6.45, 7) is 2.09. The number of amides is 1. The second-order valence-electron chi connectivity index (χ2n) is 3.59. The maximum atomic E-state index is 11.8. The zero-order valence-corrected chi connectivity index (χ0v) is 10.9. The van der Waals surface area contributed by atoms with Gasteiger partial charge in [-0.1, -0.05) is 24.9 Å². The van der Waals surface area contributed by atoms with E-state index in [2.05, 4.69) is 22.4 Å². The minimum absolute atomic E-state index is 0.184. The summed E-state index contributed by atoms with van der Waals surface area (Å²) < 4.78 is 0.601. The summed E-state index contributed by atoms with van der Waals surface area (Å²) in [5.41, 5.74) is 1.02. The average Bonchev–Trinajstić information content (AvgIpc) is 2.88. The SMILES string of the molecule is CCCc1cc(NC(=O)c2ccc(Cl)s2)n[nH]1. The Morgan fingerprint density at radius 3 is 3.06 bits per heavy atom. The van der Waals surface area contributed by atoms with Crippen molar-refractivity contribution >= 4 is 34.7 Å². The van der Waals surface area contributed by atoms with Crippen LogP contribution < -0.4 is 5.32 Å². The second kappa shape index (κ2) is 5.33. The Hall–Kier alpha value is -1.33. The van der Waals surface area contributed by atoms with E-state index in [1.165, 1.54) is 11.3 Å². The second-order valence-corrected chi connectivity index (χ2v) is 5.30. The van der Waals surface area contributed by atoms with Gasteiger partial charge in [-0.25, -0.2) is 0 Å². The van der Waals surface area contributed by atoms with E-state index >= 15 is 0 Å². The van der Waals surface area contributed by atoms with E-state index in [4.69, 9.17) is 11.6 Å². The number of aryl methyl sites for hydroxylation is 1. The Kier molecular flexibility index (Phi) is 3.81. The first kappa shape index (κ1) is 12.1. The summed E-state index contributed by atoms with van der Waals surface area (Å²) >= 11 is 7.02. The van der Waals surface area contributed by atoms with E-state index in [-0.39, 0.29) is 5.91 Å². The summed E-state index contributed by atoms with van der Waals surface area (Å²) in [6.07, 6.45) is 1.96. The molecule has 0 aromatic carbocycles. The van der Waals surface area contributed by atoms with Gasteiger partial charge < -0.3 is 5.32 Å². The van der Waals surface area contributed by atoms with Gasteiger partial charge in [-0.05, 0) is 18.6 Å². The molecule has 2 aromatic rings. The minimum Gasteiger partial charge on any atom is -0.304 e. The zero-order chi connectivity index (χ0) is 12.3. The van der Waals surface area contributed by atoms with Crippen LogP contribution in [0.25, 0.3) is 0 Å². The molecule has 0 saturated heterocycles. The molecular weight excluding hydrogens is 258 g/mol. The number of H-pyrrole nitrogens is 1. The fourth-order valence-corrected chi connectivity index (χ4v) is 2.38. The third kappa shape index (κ3) is 3.08. The van der Waals surface area contributed by atoms with Gasteiger partial charge in [-0.2, -0.15) is 5.10 Å². The molecule has 6 heteroatoms. The van der Waals surface area contributed by atoms with Crippen LogP contribution in [0.5, 0.6) is 0 Å². The molecule has 4 nitrogen and oxygen atoms in total. The molecule has 0 bridgehead atoms. The molecular formula is C11H12ClN3OS. The molecule has 2 N–H and O–H groups in total. The van der Waals surface area contributed by atoms with E-state index < -0.39 is 0 Å². The standard InChI is InChI=1S/C11H12ClN3OS/c1-2-3-7-6-10(15-14-7)13-11(16)8-4-5-9(12)17-8/h4-6H,2-3H2,1H3,(H2,13,14,15,16). The molecule has 0 aliphatic carbocycles. The van der Waals surface area contributed by atoms with Gasteiger partial charge in [0.2, 0.25) is 0 Å². The Labute approximate surface area is 108 Å². The van der Waals surface area contributed by atoms with E-state index in [0.717, 1.165) is 18.5 Å². The van der Waals surface area contributed by atoms with E-state index in [1.807, 2.05) is 6.07 Å². The molecule has 0 radical (unpaired) electrons. The number of hydrogen-bond acceptors (Lipinski definition) is 3. The van der Waals surface area contributed by atoms with Gasteiger partial charge in [0.15, 0.2) is 5.82 Å². The van der Waals surface area contributed by atoms with E-state index in [9.17, 15) is 4.79 Å². The Balaban J connectivity index is 2.02. The van der Waals surface area contributed by atoms with Crippen LogP contribution in [0, 0.1) is 0 Å². The average molecular weight is 270 g/mol. The van der Waals surface area contributed by atoms with Crippen molar-refractivity contribution in [1.82, 2.24) is 10.2 Å². The number of rotatable bonds is 4. The van der Waals surface area contributed by atoms with Crippen molar-refractivity contribution in [2.75, 3.05) is 5.32 Å². The third-order valence-electron chi connectivity index (χ3n) is 2.19. The predicted octanol–water partition coefficient (Wildman–Crippen LogP) is 3.33. The quantitative estimate of drug-likeness (QED) is 0.894. The number of anilines is 1. The predicted molar refractivity (Wildman–Crippen MR) is 69.9 cm³/mol. The number of thiophene rings is 1. The lowest BCUT2D eigenvalue weighted by molar-refractivity contribution is 0.103. The first-order valence-corrected chi connectivity index (χ1v) is 6.49. The van der Waals surface area contributed by atoms with Crippen molar-refractivity contribution in [2.24, 2.45) is 0 Å². The number of aromatic nitrogens is 2. The molecule has 2 aromatic heterocycles. The highest BCUT2D eigenvalue weighted by Crippen LogP contribution is 2.22. The summed E-state index contributed by atoms with van der Waals surface area (Å²) in [4.78, 5) is 12.4. The zero-order valence-electron chi connectivity index (χ0n) is 9.29. The van der Waals surface area contributed by atoms with Crippen LogP contribution in [-0.2, 0) is 6.42 Å². The van der Waals surface area contributed by atoms with Crippen LogP contribution in [0.1, 0.15) is 28.7 Å². The molecule has 0 spiro atoms. The van der Waals surface area contributed by atoms with Gasteiger partial charge in [0.05, 0.1) is 9.21 Å². The smallest absolute Gasteiger partial charge is 0.266 e. The normalized spacial score (nSPS) is 10.5. The van der Waals surface area contributed by atoms with Crippen LogP contribution in [0.4, 0.5) is 5.82 Å². The molecule has 2 rings (SSSR count). The minimum atomic E-state index is -0.184. The molecule has 0 fully saturated rings. The van der Waals surface area contributed by atoms with E-state index in [1.54, 1.807) is 12.1 Å². The molecule has 1 amide bonds. The molecule has 0 aliphatic heterocycles. The molecule has 0 saturated carbocycles. The first-order chi connectivity index (χ1) is 8.19.